The summed E-state index contributed by atoms with van der Waals surface area (Å²) < 4.78 is 0. The van der Waals surface area contributed by atoms with Crippen molar-refractivity contribution in [1.29, 1.82) is 0 Å². The zero-order chi connectivity index (χ0) is 20.1. The molecule has 0 aliphatic heterocycles. The van der Waals surface area contributed by atoms with Crippen molar-refractivity contribution >= 4 is 0 Å². The summed E-state index contributed by atoms with van der Waals surface area (Å²) in [6.45, 7) is 11.2. The van der Waals surface area contributed by atoms with Gasteiger partial charge in [-0.2, -0.15) is 0 Å². The van der Waals surface area contributed by atoms with Crippen molar-refractivity contribution in [1.82, 2.24) is 0 Å². The molecule has 0 saturated carbocycles. The Labute approximate surface area is 169 Å². The summed E-state index contributed by atoms with van der Waals surface area (Å²) in [5.41, 5.74) is 8.91. The number of benzene rings is 3. The van der Waals surface area contributed by atoms with Crippen LogP contribution in [0.4, 0.5) is 0 Å². The molecule has 4 rings (SSSR count). The predicted octanol–water partition coefficient (Wildman–Crippen LogP) is 7.44. The van der Waals surface area contributed by atoms with Gasteiger partial charge in [-0.15, -0.1) is 0 Å². The Morgan fingerprint density at radius 3 is 2.11 bits per heavy atom. The van der Waals surface area contributed by atoms with Gasteiger partial charge in [-0.3, -0.25) is 0 Å². The van der Waals surface area contributed by atoms with Gasteiger partial charge >= 0.3 is 0 Å². The molecule has 0 saturated heterocycles. The second-order valence-electron chi connectivity index (χ2n) is 9.08. The lowest BCUT2D eigenvalue weighted by molar-refractivity contribution is 0.476. The third-order valence-electron chi connectivity index (χ3n) is 6.65. The molecule has 0 atom stereocenters. The van der Waals surface area contributed by atoms with Gasteiger partial charge in [0.15, 0.2) is 0 Å². The van der Waals surface area contributed by atoms with Crippen LogP contribution in [0, 0.1) is 0 Å². The van der Waals surface area contributed by atoms with Crippen LogP contribution in [0.2, 0.25) is 0 Å². The lowest BCUT2D eigenvalue weighted by Crippen LogP contribution is -2.23. The van der Waals surface area contributed by atoms with Crippen molar-refractivity contribution in [3.8, 4) is 28.0 Å². The first-order chi connectivity index (χ1) is 13.3. The van der Waals surface area contributed by atoms with E-state index in [1.165, 1.54) is 27.8 Å². The van der Waals surface area contributed by atoms with Crippen LogP contribution in [0.1, 0.15) is 64.2 Å². The summed E-state index contributed by atoms with van der Waals surface area (Å²) in [4.78, 5) is 0. The second kappa shape index (κ2) is 6.51. The lowest BCUT2D eigenvalue weighted by Gasteiger charge is -2.30. The Kier molecular flexibility index (Phi) is 4.38. The molecular weight excluding hydrogens is 340 g/mol. The first kappa shape index (κ1) is 18.8. The molecule has 1 N–H and O–H groups in total. The van der Waals surface area contributed by atoms with E-state index in [-0.39, 0.29) is 10.8 Å². The van der Waals surface area contributed by atoms with Crippen molar-refractivity contribution < 1.29 is 5.11 Å². The van der Waals surface area contributed by atoms with Gasteiger partial charge in [-0.25, -0.2) is 0 Å². The number of aromatic hydroxyl groups is 1. The minimum Gasteiger partial charge on any atom is -0.507 e. The largest absolute Gasteiger partial charge is 0.507 e. The number of rotatable bonds is 3. The van der Waals surface area contributed by atoms with Crippen molar-refractivity contribution in [3.05, 3.63) is 77.4 Å². The first-order valence-electron chi connectivity index (χ1n) is 10.4. The normalized spacial score (nSPS) is 14.6. The minimum atomic E-state index is 0.0476. The first-order valence-corrected chi connectivity index (χ1v) is 10.4. The maximum atomic E-state index is 10.6. The third-order valence-corrected chi connectivity index (χ3v) is 6.65. The van der Waals surface area contributed by atoms with Crippen LogP contribution in [0.3, 0.4) is 0 Å². The number of phenolic OH excluding ortho intramolecular Hbond substituents is 1. The van der Waals surface area contributed by atoms with E-state index in [0.29, 0.717) is 5.75 Å². The molecule has 144 valence electrons. The molecule has 0 radical (unpaired) electrons. The fraction of sp³-hybridized carbons (Fsp3) is 0.333. The molecule has 0 unspecified atom stereocenters. The molecule has 0 amide bonds. The highest BCUT2D eigenvalue weighted by Crippen LogP contribution is 2.53. The highest BCUT2D eigenvalue weighted by Gasteiger charge is 2.40. The van der Waals surface area contributed by atoms with E-state index >= 15 is 0 Å². The Morgan fingerprint density at radius 1 is 0.750 bits per heavy atom. The van der Waals surface area contributed by atoms with Crippen molar-refractivity contribution in [2.75, 3.05) is 0 Å². The van der Waals surface area contributed by atoms with Crippen LogP contribution in [0.25, 0.3) is 22.3 Å². The summed E-state index contributed by atoms with van der Waals surface area (Å²) in [5, 5.41) is 10.6. The van der Waals surface area contributed by atoms with Gasteiger partial charge in [-0.05, 0) is 69.8 Å². The van der Waals surface area contributed by atoms with E-state index in [1.54, 1.807) is 0 Å². The van der Waals surface area contributed by atoms with Crippen LogP contribution >= 0.6 is 0 Å². The van der Waals surface area contributed by atoms with E-state index < -0.39 is 0 Å². The topological polar surface area (TPSA) is 20.2 Å². The van der Waals surface area contributed by atoms with Gasteiger partial charge in [0.05, 0.1) is 0 Å². The molecule has 28 heavy (non-hydrogen) atoms. The molecule has 1 aliphatic carbocycles. The second-order valence-corrected chi connectivity index (χ2v) is 9.08. The van der Waals surface area contributed by atoms with E-state index in [0.717, 1.165) is 24.0 Å². The third kappa shape index (κ3) is 2.68. The van der Waals surface area contributed by atoms with Gasteiger partial charge in [0.25, 0.3) is 0 Å². The molecule has 1 aliphatic rings. The maximum absolute atomic E-state index is 10.6. The average molecular weight is 371 g/mol. The van der Waals surface area contributed by atoms with E-state index in [9.17, 15) is 5.11 Å². The lowest BCUT2D eigenvalue weighted by atomic mass is 9.73. The summed E-state index contributed by atoms with van der Waals surface area (Å²) in [5.74, 6) is 0.349. The summed E-state index contributed by atoms with van der Waals surface area (Å²) >= 11 is 0. The molecule has 0 spiro atoms. The molecular formula is C27H30O. The van der Waals surface area contributed by atoms with Crippen LogP contribution in [0.15, 0.2) is 60.7 Å². The molecule has 3 aromatic carbocycles. The maximum Gasteiger partial charge on any atom is 0.123 e. The van der Waals surface area contributed by atoms with Gasteiger partial charge in [0.2, 0.25) is 0 Å². The Morgan fingerprint density at radius 2 is 1.43 bits per heavy atom. The average Bonchev–Trinajstić information content (AvgIpc) is 2.97. The zero-order valence-corrected chi connectivity index (χ0v) is 17.6. The van der Waals surface area contributed by atoms with Gasteiger partial charge < -0.3 is 5.11 Å². The van der Waals surface area contributed by atoms with Crippen molar-refractivity contribution in [2.45, 2.75) is 58.3 Å². The van der Waals surface area contributed by atoms with Crippen LogP contribution in [-0.4, -0.2) is 5.11 Å². The molecule has 3 aromatic rings. The van der Waals surface area contributed by atoms with Gasteiger partial charge in [-0.1, -0.05) is 77.1 Å². The highest BCUT2D eigenvalue weighted by molar-refractivity contribution is 5.84. The fourth-order valence-electron chi connectivity index (χ4n) is 4.87. The molecule has 0 fully saturated rings. The van der Waals surface area contributed by atoms with Crippen LogP contribution in [0.5, 0.6) is 5.75 Å². The quantitative estimate of drug-likeness (QED) is 0.508. The Balaban J connectivity index is 1.93. The molecule has 1 nitrogen and oxygen atoms in total. The van der Waals surface area contributed by atoms with Crippen molar-refractivity contribution in [2.24, 2.45) is 0 Å². The highest BCUT2D eigenvalue weighted by atomic mass is 16.3. The summed E-state index contributed by atoms with van der Waals surface area (Å²) in [7, 11) is 0. The van der Waals surface area contributed by atoms with E-state index in [4.69, 9.17) is 0 Å². The number of hydrogen-bond donors (Lipinski definition) is 1. The van der Waals surface area contributed by atoms with Crippen LogP contribution in [-0.2, 0) is 10.8 Å². The Hall–Kier alpha value is -2.54. The number of hydrogen-bond acceptors (Lipinski definition) is 1. The SMILES string of the molecule is CCC1(CC)c2ccccc2-c2ccc(-c3cc(C(C)(C)C)ccc3O)cc21. The zero-order valence-electron chi connectivity index (χ0n) is 17.6. The summed E-state index contributed by atoms with van der Waals surface area (Å²) in [6, 6.07) is 21.6. The van der Waals surface area contributed by atoms with Gasteiger partial charge in [0, 0.05) is 11.0 Å². The van der Waals surface area contributed by atoms with E-state index in [1.807, 2.05) is 12.1 Å². The molecule has 0 aromatic heterocycles. The predicted molar refractivity (Wildman–Crippen MR) is 119 cm³/mol. The fourth-order valence-corrected chi connectivity index (χ4v) is 4.87. The smallest absolute Gasteiger partial charge is 0.123 e. The Bertz CT molecular complexity index is 1030. The van der Waals surface area contributed by atoms with Crippen molar-refractivity contribution in [3.63, 3.8) is 0 Å². The minimum absolute atomic E-state index is 0.0476. The molecule has 1 heteroatoms. The number of fused-ring (bicyclic) bond motifs is 3. The standard InChI is InChI=1S/C27H30O/c1-6-27(7-2)23-11-9-8-10-20(23)21-14-12-18(16-24(21)27)22-17-19(26(3,4)5)13-15-25(22)28/h8-17,28H,6-7H2,1-5H3. The summed E-state index contributed by atoms with van der Waals surface area (Å²) in [6.07, 6.45) is 2.15. The monoisotopic (exact) mass is 370 g/mol. The van der Waals surface area contributed by atoms with Crippen LogP contribution < -0.4 is 0 Å². The van der Waals surface area contributed by atoms with E-state index in [2.05, 4.69) is 83.1 Å². The molecule has 0 bridgehead atoms. The number of phenols is 1. The van der Waals surface area contributed by atoms with Gasteiger partial charge in [0.1, 0.15) is 5.75 Å². The molecule has 0 heterocycles.